The lowest BCUT2D eigenvalue weighted by molar-refractivity contribution is 0.0695. The van der Waals surface area contributed by atoms with E-state index in [0.29, 0.717) is 5.69 Å². The lowest BCUT2D eigenvalue weighted by Crippen LogP contribution is -2.19. The molecule has 0 spiro atoms. The van der Waals surface area contributed by atoms with Crippen molar-refractivity contribution in [1.29, 1.82) is 0 Å². The molecule has 20 heavy (non-hydrogen) atoms. The molecule has 2 rings (SSSR count). The largest absolute Gasteiger partial charge is 0.478 e. The van der Waals surface area contributed by atoms with Crippen LogP contribution in [-0.4, -0.2) is 23.1 Å². The van der Waals surface area contributed by atoms with Crippen molar-refractivity contribution in [3.8, 4) is 0 Å². The molecule has 0 amide bonds. The van der Waals surface area contributed by atoms with Gasteiger partial charge in [-0.15, -0.1) is 0 Å². The first kappa shape index (κ1) is 14.1. The Balaban J connectivity index is 2.22. The Morgan fingerprint density at radius 1 is 1.20 bits per heavy atom. The van der Waals surface area contributed by atoms with Crippen molar-refractivity contribution in [3.05, 3.63) is 58.8 Å². The fourth-order valence-electron chi connectivity index (χ4n) is 2.11. The maximum absolute atomic E-state index is 11.0. The zero-order chi connectivity index (χ0) is 14.7. The van der Waals surface area contributed by atoms with Gasteiger partial charge in [-0.1, -0.05) is 24.3 Å². The van der Waals surface area contributed by atoms with Crippen LogP contribution in [0.2, 0.25) is 0 Å². The molecule has 0 unspecified atom stereocenters. The molecule has 0 aliphatic heterocycles. The van der Waals surface area contributed by atoms with Gasteiger partial charge >= 0.3 is 5.97 Å². The topological polar surface area (TPSA) is 53.4 Å². The second-order valence-corrected chi connectivity index (χ2v) is 4.89. The van der Waals surface area contributed by atoms with Crippen LogP contribution in [0.4, 0.5) is 5.82 Å². The number of aromatic nitrogens is 1. The summed E-state index contributed by atoms with van der Waals surface area (Å²) in [4.78, 5) is 17.4. The van der Waals surface area contributed by atoms with Crippen molar-refractivity contribution in [2.45, 2.75) is 20.4 Å². The van der Waals surface area contributed by atoms with Crippen LogP contribution in [-0.2, 0) is 6.54 Å². The fourth-order valence-corrected chi connectivity index (χ4v) is 2.11. The minimum atomic E-state index is -0.942. The number of pyridine rings is 1. The van der Waals surface area contributed by atoms with Gasteiger partial charge in [0.05, 0.1) is 11.3 Å². The van der Waals surface area contributed by atoms with Gasteiger partial charge in [0.2, 0.25) is 0 Å². The zero-order valence-corrected chi connectivity index (χ0v) is 11.9. The van der Waals surface area contributed by atoms with Gasteiger partial charge in [-0.05, 0) is 37.1 Å². The number of rotatable bonds is 4. The molecule has 0 atom stereocenters. The van der Waals surface area contributed by atoms with Gasteiger partial charge in [0, 0.05) is 13.6 Å². The van der Waals surface area contributed by atoms with E-state index in [9.17, 15) is 4.79 Å². The van der Waals surface area contributed by atoms with Gasteiger partial charge < -0.3 is 10.0 Å². The number of aryl methyl sites for hydroxylation is 2. The van der Waals surface area contributed by atoms with E-state index in [1.54, 1.807) is 19.1 Å². The number of carboxylic acids is 1. The number of carboxylic acid groups (broad SMARTS) is 1. The summed E-state index contributed by atoms with van der Waals surface area (Å²) in [5.74, 6) is -0.168. The second-order valence-electron chi connectivity index (χ2n) is 4.89. The van der Waals surface area contributed by atoms with Crippen LogP contribution < -0.4 is 4.90 Å². The molecule has 0 bridgehead atoms. The Hall–Kier alpha value is -2.36. The molecule has 0 aliphatic carbocycles. The first-order chi connectivity index (χ1) is 9.49. The number of benzene rings is 1. The fraction of sp³-hybridized carbons (Fsp3) is 0.250. The van der Waals surface area contributed by atoms with E-state index in [1.165, 1.54) is 11.1 Å². The summed E-state index contributed by atoms with van der Waals surface area (Å²) < 4.78 is 0. The third kappa shape index (κ3) is 2.96. The number of hydrogen-bond donors (Lipinski definition) is 1. The molecular formula is C16H18N2O2. The molecule has 1 heterocycles. The molecule has 0 radical (unpaired) electrons. The molecule has 4 nitrogen and oxygen atoms in total. The molecule has 0 aliphatic rings. The highest BCUT2D eigenvalue weighted by Gasteiger charge is 2.11. The van der Waals surface area contributed by atoms with Crippen LogP contribution in [0.3, 0.4) is 0 Å². The van der Waals surface area contributed by atoms with Gasteiger partial charge in [-0.2, -0.15) is 0 Å². The first-order valence-corrected chi connectivity index (χ1v) is 6.45. The van der Waals surface area contributed by atoms with Crippen LogP contribution in [0.5, 0.6) is 0 Å². The third-order valence-electron chi connectivity index (χ3n) is 3.36. The SMILES string of the molecule is Cc1ccccc1CN(C)c1ccc(C(=O)O)c(C)n1. The van der Waals surface area contributed by atoms with Gasteiger partial charge in [0.25, 0.3) is 0 Å². The van der Waals surface area contributed by atoms with Crippen LogP contribution in [0.1, 0.15) is 27.2 Å². The van der Waals surface area contributed by atoms with E-state index in [4.69, 9.17) is 5.11 Å². The maximum Gasteiger partial charge on any atom is 0.337 e. The molecule has 104 valence electrons. The van der Waals surface area contributed by atoms with E-state index in [0.717, 1.165) is 12.4 Å². The molecule has 0 saturated carbocycles. The molecule has 0 fully saturated rings. The van der Waals surface area contributed by atoms with E-state index in [2.05, 4.69) is 24.0 Å². The summed E-state index contributed by atoms with van der Waals surface area (Å²) in [6.07, 6.45) is 0. The number of nitrogens with zero attached hydrogens (tertiary/aromatic N) is 2. The summed E-state index contributed by atoms with van der Waals surface area (Å²) in [7, 11) is 1.95. The van der Waals surface area contributed by atoms with Crippen molar-refractivity contribution < 1.29 is 9.90 Å². The monoisotopic (exact) mass is 270 g/mol. The molecular weight excluding hydrogens is 252 g/mol. The first-order valence-electron chi connectivity index (χ1n) is 6.45. The van der Waals surface area contributed by atoms with Crippen LogP contribution >= 0.6 is 0 Å². The van der Waals surface area contributed by atoms with Crippen molar-refractivity contribution in [3.63, 3.8) is 0 Å². The number of carbonyl (C=O) groups is 1. The maximum atomic E-state index is 11.0. The van der Waals surface area contributed by atoms with Crippen molar-refractivity contribution in [1.82, 2.24) is 4.98 Å². The average Bonchev–Trinajstić information content (AvgIpc) is 2.40. The Morgan fingerprint density at radius 2 is 1.90 bits per heavy atom. The molecule has 1 N–H and O–H groups in total. The minimum Gasteiger partial charge on any atom is -0.478 e. The van der Waals surface area contributed by atoms with Crippen molar-refractivity contribution >= 4 is 11.8 Å². The van der Waals surface area contributed by atoms with E-state index < -0.39 is 5.97 Å². The molecule has 1 aromatic carbocycles. The van der Waals surface area contributed by atoms with E-state index in [-0.39, 0.29) is 5.56 Å². The van der Waals surface area contributed by atoms with Crippen LogP contribution in [0.25, 0.3) is 0 Å². The Kier molecular flexibility index (Phi) is 4.03. The highest BCUT2D eigenvalue weighted by Crippen LogP contribution is 2.17. The number of hydrogen-bond acceptors (Lipinski definition) is 3. The number of aromatic carboxylic acids is 1. The summed E-state index contributed by atoms with van der Waals surface area (Å²) in [5.41, 5.74) is 3.25. The normalized spacial score (nSPS) is 10.3. The smallest absolute Gasteiger partial charge is 0.337 e. The van der Waals surface area contributed by atoms with Gasteiger partial charge in [-0.25, -0.2) is 9.78 Å². The van der Waals surface area contributed by atoms with Crippen molar-refractivity contribution in [2.24, 2.45) is 0 Å². The summed E-state index contributed by atoms with van der Waals surface area (Å²) >= 11 is 0. The Morgan fingerprint density at radius 3 is 2.50 bits per heavy atom. The molecule has 0 saturated heterocycles. The van der Waals surface area contributed by atoms with Crippen LogP contribution in [0, 0.1) is 13.8 Å². The average molecular weight is 270 g/mol. The zero-order valence-electron chi connectivity index (χ0n) is 11.9. The molecule has 1 aromatic heterocycles. The predicted molar refractivity (Wildman–Crippen MR) is 79.2 cm³/mol. The highest BCUT2D eigenvalue weighted by molar-refractivity contribution is 5.89. The summed E-state index contributed by atoms with van der Waals surface area (Å²) in [6, 6.07) is 11.5. The van der Waals surface area contributed by atoms with Gasteiger partial charge in [0.1, 0.15) is 5.82 Å². The van der Waals surface area contributed by atoms with Crippen molar-refractivity contribution in [2.75, 3.05) is 11.9 Å². The van der Waals surface area contributed by atoms with Gasteiger partial charge in [0.15, 0.2) is 0 Å². The van der Waals surface area contributed by atoms with Gasteiger partial charge in [-0.3, -0.25) is 0 Å². The highest BCUT2D eigenvalue weighted by atomic mass is 16.4. The Labute approximate surface area is 118 Å². The summed E-state index contributed by atoms with van der Waals surface area (Å²) in [6.45, 7) is 4.54. The molecule has 2 aromatic rings. The van der Waals surface area contributed by atoms with E-state index in [1.807, 2.05) is 24.1 Å². The molecule has 4 heteroatoms. The lowest BCUT2D eigenvalue weighted by Gasteiger charge is -2.20. The third-order valence-corrected chi connectivity index (χ3v) is 3.36. The minimum absolute atomic E-state index is 0.248. The Bertz CT molecular complexity index is 638. The second kappa shape index (κ2) is 5.74. The van der Waals surface area contributed by atoms with E-state index >= 15 is 0 Å². The summed E-state index contributed by atoms with van der Waals surface area (Å²) in [5, 5.41) is 9.01. The lowest BCUT2D eigenvalue weighted by atomic mass is 10.1. The standard InChI is InChI=1S/C16H18N2O2/c1-11-6-4-5-7-13(11)10-18(3)15-9-8-14(16(19)20)12(2)17-15/h4-9H,10H2,1-3H3,(H,19,20). The quantitative estimate of drug-likeness (QED) is 0.927. The number of anilines is 1. The predicted octanol–water partition coefficient (Wildman–Crippen LogP) is 3.03. The van der Waals surface area contributed by atoms with Crippen LogP contribution in [0.15, 0.2) is 36.4 Å².